The van der Waals surface area contributed by atoms with Gasteiger partial charge in [-0.05, 0) is 42.5 Å². The fraction of sp³-hybridized carbons (Fsp3) is 0.0870. The Labute approximate surface area is 162 Å². The molecule has 0 radical (unpaired) electrons. The van der Waals surface area contributed by atoms with E-state index in [2.05, 4.69) is 0 Å². The van der Waals surface area contributed by atoms with E-state index >= 15 is 0 Å². The van der Waals surface area contributed by atoms with Crippen LogP contribution in [0, 0.1) is 0 Å². The average molecular weight is 374 g/mol. The summed E-state index contributed by atoms with van der Waals surface area (Å²) in [7, 11) is 1.58. The Morgan fingerprint density at radius 2 is 1.50 bits per heavy atom. The van der Waals surface area contributed by atoms with Crippen LogP contribution in [0.2, 0.25) is 0 Å². The monoisotopic (exact) mass is 374 g/mol. The van der Waals surface area contributed by atoms with E-state index in [0.29, 0.717) is 28.4 Å². The molecule has 0 aliphatic heterocycles. The van der Waals surface area contributed by atoms with Gasteiger partial charge in [0.25, 0.3) is 0 Å². The molecule has 0 amide bonds. The first-order chi connectivity index (χ1) is 13.7. The molecule has 0 aliphatic rings. The highest BCUT2D eigenvalue weighted by atomic mass is 16.5. The second kappa shape index (κ2) is 7.88. The number of benzene rings is 3. The van der Waals surface area contributed by atoms with Crippen molar-refractivity contribution in [2.45, 2.75) is 6.61 Å². The molecule has 4 aromatic rings. The molecule has 1 heterocycles. The number of esters is 1. The van der Waals surface area contributed by atoms with Gasteiger partial charge in [0.1, 0.15) is 29.4 Å². The van der Waals surface area contributed by atoms with Gasteiger partial charge >= 0.3 is 5.97 Å². The van der Waals surface area contributed by atoms with Crippen molar-refractivity contribution >= 4 is 16.9 Å². The first-order valence-corrected chi connectivity index (χ1v) is 8.79. The van der Waals surface area contributed by atoms with E-state index in [1.165, 1.54) is 0 Å². The number of carbonyl (C=O) groups excluding carboxylic acids is 1. The van der Waals surface area contributed by atoms with Gasteiger partial charge in [-0.15, -0.1) is 0 Å². The molecule has 0 saturated heterocycles. The highest BCUT2D eigenvalue weighted by molar-refractivity contribution is 5.97. The second-order valence-electron chi connectivity index (χ2n) is 6.07. The van der Waals surface area contributed by atoms with Crippen molar-refractivity contribution in [3.05, 3.63) is 90.2 Å². The maximum Gasteiger partial charge on any atom is 0.380 e. The minimum absolute atomic E-state index is 0.132. The third-order valence-electron chi connectivity index (χ3n) is 4.28. The number of para-hydroxylation sites is 2. The molecule has 0 saturated carbocycles. The fourth-order valence-electron chi connectivity index (χ4n) is 2.88. The number of fused-ring (bicyclic) bond motifs is 1. The number of carbonyl (C=O) groups is 1. The first-order valence-electron chi connectivity index (χ1n) is 8.79. The molecule has 0 fully saturated rings. The Kier molecular flexibility index (Phi) is 4.97. The number of ether oxygens (including phenoxy) is 3. The van der Waals surface area contributed by atoms with Crippen LogP contribution in [-0.2, 0) is 6.61 Å². The van der Waals surface area contributed by atoms with E-state index in [9.17, 15) is 4.79 Å². The van der Waals surface area contributed by atoms with Gasteiger partial charge in [0.15, 0.2) is 0 Å². The standard InChI is InChI=1S/C23H18O5/c1-25-16-11-13-18(14-12-16)27-23(24)22-20(15-26-17-7-3-2-4-8-17)19-9-5-6-10-21(19)28-22/h2-14H,15H2,1H3. The summed E-state index contributed by atoms with van der Waals surface area (Å²) < 4.78 is 22.2. The molecule has 3 aromatic carbocycles. The normalized spacial score (nSPS) is 10.6. The van der Waals surface area contributed by atoms with Crippen LogP contribution in [0.1, 0.15) is 16.1 Å². The zero-order valence-electron chi connectivity index (χ0n) is 15.3. The van der Waals surface area contributed by atoms with Crippen LogP contribution in [0.3, 0.4) is 0 Å². The van der Waals surface area contributed by atoms with E-state index in [-0.39, 0.29) is 12.4 Å². The number of furan rings is 1. The van der Waals surface area contributed by atoms with Crippen LogP contribution < -0.4 is 14.2 Å². The van der Waals surface area contributed by atoms with E-state index in [4.69, 9.17) is 18.6 Å². The Hall–Kier alpha value is -3.73. The smallest absolute Gasteiger partial charge is 0.380 e. The van der Waals surface area contributed by atoms with Crippen molar-refractivity contribution in [1.82, 2.24) is 0 Å². The predicted molar refractivity (Wildman–Crippen MR) is 105 cm³/mol. The third-order valence-corrected chi connectivity index (χ3v) is 4.28. The molecule has 0 unspecified atom stereocenters. The maximum atomic E-state index is 12.8. The highest BCUT2D eigenvalue weighted by Gasteiger charge is 2.23. The summed E-state index contributed by atoms with van der Waals surface area (Å²) in [6.45, 7) is 0.189. The quantitative estimate of drug-likeness (QED) is 0.341. The lowest BCUT2D eigenvalue weighted by Crippen LogP contribution is -2.11. The van der Waals surface area contributed by atoms with Crippen LogP contribution in [-0.4, -0.2) is 13.1 Å². The maximum absolute atomic E-state index is 12.8. The van der Waals surface area contributed by atoms with Crippen LogP contribution in [0.15, 0.2) is 83.3 Å². The lowest BCUT2D eigenvalue weighted by atomic mass is 10.1. The molecule has 28 heavy (non-hydrogen) atoms. The van der Waals surface area contributed by atoms with Gasteiger partial charge in [0, 0.05) is 5.39 Å². The molecule has 0 N–H and O–H groups in total. The van der Waals surface area contributed by atoms with Crippen LogP contribution in [0.25, 0.3) is 11.0 Å². The molecule has 0 aliphatic carbocycles. The van der Waals surface area contributed by atoms with Gasteiger partial charge in [-0.25, -0.2) is 4.79 Å². The summed E-state index contributed by atoms with van der Waals surface area (Å²) in [6.07, 6.45) is 0. The lowest BCUT2D eigenvalue weighted by molar-refractivity contribution is 0.0700. The Morgan fingerprint density at radius 1 is 0.821 bits per heavy atom. The SMILES string of the molecule is COc1ccc(OC(=O)c2oc3ccccc3c2COc2ccccc2)cc1. The minimum Gasteiger partial charge on any atom is -0.497 e. The Morgan fingerprint density at radius 3 is 2.25 bits per heavy atom. The molecule has 0 atom stereocenters. The molecule has 5 heteroatoms. The largest absolute Gasteiger partial charge is 0.497 e. The first kappa shape index (κ1) is 17.7. The van der Waals surface area contributed by atoms with Crippen LogP contribution >= 0.6 is 0 Å². The van der Waals surface area contributed by atoms with Crippen LogP contribution in [0.5, 0.6) is 17.2 Å². The van der Waals surface area contributed by atoms with E-state index in [1.54, 1.807) is 31.4 Å². The number of hydrogen-bond donors (Lipinski definition) is 0. The molecular weight excluding hydrogens is 356 g/mol. The van der Waals surface area contributed by atoms with Gasteiger partial charge in [0.05, 0.1) is 12.7 Å². The summed E-state index contributed by atoms with van der Waals surface area (Å²) in [6, 6.07) is 23.6. The van der Waals surface area contributed by atoms with E-state index < -0.39 is 5.97 Å². The summed E-state index contributed by atoms with van der Waals surface area (Å²) in [4.78, 5) is 12.8. The van der Waals surface area contributed by atoms with Gasteiger partial charge in [-0.1, -0.05) is 36.4 Å². The molecule has 0 spiro atoms. The number of methoxy groups -OCH3 is 1. The topological polar surface area (TPSA) is 57.9 Å². The van der Waals surface area contributed by atoms with Crippen molar-refractivity contribution in [2.24, 2.45) is 0 Å². The molecule has 0 bridgehead atoms. The van der Waals surface area contributed by atoms with Gasteiger partial charge in [0.2, 0.25) is 5.76 Å². The predicted octanol–water partition coefficient (Wildman–Crippen LogP) is 5.24. The summed E-state index contributed by atoms with van der Waals surface area (Å²) in [5.74, 6) is 1.35. The van der Waals surface area contributed by atoms with Crippen LogP contribution in [0.4, 0.5) is 0 Å². The second-order valence-corrected chi connectivity index (χ2v) is 6.07. The Balaban J connectivity index is 1.62. The zero-order valence-corrected chi connectivity index (χ0v) is 15.3. The van der Waals surface area contributed by atoms with Crippen molar-refractivity contribution < 1.29 is 23.4 Å². The highest BCUT2D eigenvalue weighted by Crippen LogP contribution is 2.28. The molecule has 5 nitrogen and oxygen atoms in total. The zero-order chi connectivity index (χ0) is 19.3. The van der Waals surface area contributed by atoms with E-state index in [1.807, 2.05) is 54.6 Å². The summed E-state index contributed by atoms with van der Waals surface area (Å²) >= 11 is 0. The molecule has 4 rings (SSSR count). The Bertz CT molecular complexity index is 1080. The number of rotatable bonds is 6. The fourth-order valence-corrected chi connectivity index (χ4v) is 2.88. The molecule has 1 aromatic heterocycles. The van der Waals surface area contributed by atoms with E-state index in [0.717, 1.165) is 5.39 Å². The lowest BCUT2D eigenvalue weighted by Gasteiger charge is -2.07. The van der Waals surface area contributed by atoms with Gasteiger partial charge in [-0.2, -0.15) is 0 Å². The minimum atomic E-state index is -0.576. The molecule has 140 valence electrons. The van der Waals surface area contributed by atoms with Crippen molar-refractivity contribution in [2.75, 3.05) is 7.11 Å². The van der Waals surface area contributed by atoms with Gasteiger partial charge in [-0.3, -0.25) is 0 Å². The summed E-state index contributed by atoms with van der Waals surface area (Å²) in [5, 5.41) is 0.820. The van der Waals surface area contributed by atoms with Gasteiger partial charge < -0.3 is 18.6 Å². The average Bonchev–Trinajstić information content (AvgIpc) is 3.12. The van der Waals surface area contributed by atoms with Crippen molar-refractivity contribution in [1.29, 1.82) is 0 Å². The van der Waals surface area contributed by atoms with Crippen molar-refractivity contribution in [3.8, 4) is 17.2 Å². The summed E-state index contributed by atoms with van der Waals surface area (Å²) in [5.41, 5.74) is 1.26. The third kappa shape index (κ3) is 3.69. The number of hydrogen-bond acceptors (Lipinski definition) is 5. The molecular formula is C23H18O5. The van der Waals surface area contributed by atoms with Crippen molar-refractivity contribution in [3.63, 3.8) is 0 Å².